The first-order valence-electron chi connectivity index (χ1n) is 8.18. The second kappa shape index (κ2) is 8.75. The first kappa shape index (κ1) is 19.8. The van der Waals surface area contributed by atoms with Crippen molar-refractivity contribution in [2.24, 2.45) is 5.92 Å². The molecule has 0 aliphatic rings. The van der Waals surface area contributed by atoms with Gasteiger partial charge in [0, 0.05) is 6.54 Å². The number of hydrogen-bond acceptors (Lipinski definition) is 6. The number of ether oxygens (including phenoxy) is 1. The van der Waals surface area contributed by atoms with Crippen LogP contribution in [0.3, 0.4) is 0 Å². The number of aromatic hydroxyl groups is 1. The minimum absolute atomic E-state index is 0.0467. The van der Waals surface area contributed by atoms with Crippen LogP contribution in [-0.4, -0.2) is 33.4 Å². The van der Waals surface area contributed by atoms with E-state index in [-0.39, 0.29) is 29.0 Å². The number of nitrogens with zero attached hydrogens (tertiary/aromatic N) is 2. The van der Waals surface area contributed by atoms with Gasteiger partial charge in [-0.3, -0.25) is 14.2 Å². The van der Waals surface area contributed by atoms with Gasteiger partial charge >= 0.3 is 0 Å². The monoisotopic (exact) mass is 377 g/mol. The van der Waals surface area contributed by atoms with Crippen LogP contribution in [-0.2, 0) is 11.3 Å². The van der Waals surface area contributed by atoms with Crippen LogP contribution in [0.5, 0.6) is 11.6 Å². The summed E-state index contributed by atoms with van der Waals surface area (Å²) in [5.41, 5.74) is 1.24. The number of thioether (sulfide) groups is 1. The van der Waals surface area contributed by atoms with Gasteiger partial charge in [-0.25, -0.2) is 0 Å². The molecule has 0 bridgehead atoms. The molecular formula is C18H23N3O4S. The molecule has 2 N–H and O–H groups in total. The van der Waals surface area contributed by atoms with Crippen LogP contribution in [0.15, 0.2) is 34.2 Å². The number of anilines is 1. The van der Waals surface area contributed by atoms with E-state index >= 15 is 0 Å². The molecule has 2 aromatic rings. The number of benzene rings is 1. The quantitative estimate of drug-likeness (QED) is 0.569. The van der Waals surface area contributed by atoms with E-state index in [1.165, 1.54) is 11.7 Å². The van der Waals surface area contributed by atoms with Gasteiger partial charge in [-0.15, -0.1) is 0 Å². The lowest BCUT2D eigenvalue weighted by molar-refractivity contribution is -0.113. The molecule has 0 unspecified atom stereocenters. The summed E-state index contributed by atoms with van der Waals surface area (Å²) in [6.07, 6.45) is 0. The first-order valence-corrected chi connectivity index (χ1v) is 9.17. The second-order valence-electron chi connectivity index (χ2n) is 6.28. The highest BCUT2D eigenvalue weighted by molar-refractivity contribution is 7.99. The van der Waals surface area contributed by atoms with Gasteiger partial charge in [-0.2, -0.15) is 4.98 Å². The molecule has 1 aromatic carbocycles. The fourth-order valence-electron chi connectivity index (χ4n) is 2.35. The average molecular weight is 377 g/mol. The largest absolute Gasteiger partial charge is 0.495 e. The molecule has 26 heavy (non-hydrogen) atoms. The highest BCUT2D eigenvalue weighted by Crippen LogP contribution is 2.26. The van der Waals surface area contributed by atoms with Crippen molar-refractivity contribution in [1.29, 1.82) is 0 Å². The lowest BCUT2D eigenvalue weighted by Gasteiger charge is -2.14. The van der Waals surface area contributed by atoms with Crippen molar-refractivity contribution in [1.82, 2.24) is 9.55 Å². The summed E-state index contributed by atoms with van der Waals surface area (Å²) in [5.74, 6) is 0.237. The molecule has 140 valence electrons. The van der Waals surface area contributed by atoms with Crippen LogP contribution >= 0.6 is 11.8 Å². The zero-order valence-electron chi connectivity index (χ0n) is 15.3. The average Bonchev–Trinajstić information content (AvgIpc) is 2.55. The molecule has 0 aliphatic heterocycles. The van der Waals surface area contributed by atoms with Crippen LogP contribution in [0, 0.1) is 12.8 Å². The number of carbonyl (C=O) groups is 1. The molecule has 0 saturated heterocycles. The van der Waals surface area contributed by atoms with E-state index in [1.807, 2.05) is 32.9 Å². The number of amides is 1. The molecule has 1 aromatic heterocycles. The molecule has 8 heteroatoms. The van der Waals surface area contributed by atoms with Gasteiger partial charge in [0.1, 0.15) is 5.75 Å². The van der Waals surface area contributed by atoms with Gasteiger partial charge in [0.05, 0.1) is 24.6 Å². The Labute approximate surface area is 156 Å². The fraction of sp³-hybridized carbons (Fsp3) is 0.389. The Balaban J connectivity index is 2.13. The molecule has 0 aliphatic carbocycles. The Bertz CT molecular complexity index is 849. The summed E-state index contributed by atoms with van der Waals surface area (Å²) in [4.78, 5) is 28.4. The lowest BCUT2D eigenvalue weighted by atomic mass is 10.2. The normalized spacial score (nSPS) is 10.8. The number of aromatic nitrogens is 2. The smallest absolute Gasteiger partial charge is 0.257 e. The summed E-state index contributed by atoms with van der Waals surface area (Å²) >= 11 is 1.10. The van der Waals surface area contributed by atoms with Crippen molar-refractivity contribution in [2.75, 3.05) is 18.2 Å². The molecule has 0 radical (unpaired) electrons. The molecule has 1 heterocycles. The number of hydrogen-bond donors (Lipinski definition) is 2. The summed E-state index contributed by atoms with van der Waals surface area (Å²) in [7, 11) is 1.54. The lowest BCUT2D eigenvalue weighted by Crippen LogP contribution is -2.25. The van der Waals surface area contributed by atoms with E-state index in [4.69, 9.17) is 4.74 Å². The molecule has 2 rings (SSSR count). The third kappa shape index (κ3) is 5.26. The minimum Gasteiger partial charge on any atom is -0.495 e. The van der Waals surface area contributed by atoms with E-state index in [2.05, 4.69) is 10.3 Å². The topological polar surface area (TPSA) is 93.5 Å². The third-order valence-electron chi connectivity index (χ3n) is 3.47. The van der Waals surface area contributed by atoms with Gasteiger partial charge < -0.3 is 15.2 Å². The summed E-state index contributed by atoms with van der Waals surface area (Å²) in [6.45, 7) is 6.34. The minimum atomic E-state index is -0.349. The SMILES string of the molecule is COc1ccc(C)cc1NC(=O)CSc1nc(O)cc(=O)n1CC(C)C. The van der Waals surface area contributed by atoms with E-state index in [0.29, 0.717) is 23.1 Å². The summed E-state index contributed by atoms with van der Waals surface area (Å²) in [6, 6.07) is 6.58. The molecule has 0 fully saturated rings. The number of rotatable bonds is 7. The third-order valence-corrected chi connectivity index (χ3v) is 4.45. The molecular weight excluding hydrogens is 354 g/mol. The second-order valence-corrected chi connectivity index (χ2v) is 7.22. The Morgan fingerprint density at radius 3 is 2.77 bits per heavy atom. The maximum atomic E-state index is 12.3. The van der Waals surface area contributed by atoms with Crippen LogP contribution in [0.25, 0.3) is 0 Å². The zero-order chi connectivity index (χ0) is 19.3. The molecule has 7 nitrogen and oxygen atoms in total. The molecule has 0 atom stereocenters. The standard InChI is InChI=1S/C18H23N3O4S/c1-11(2)9-21-17(24)8-15(22)20-18(21)26-10-16(23)19-13-7-12(3)5-6-14(13)25-4/h5-8,11,22H,9-10H2,1-4H3,(H,19,23). The molecule has 1 amide bonds. The van der Waals surface area contributed by atoms with Crippen LogP contribution in [0.2, 0.25) is 0 Å². The van der Waals surface area contributed by atoms with Gasteiger partial charge in [-0.05, 0) is 30.5 Å². The van der Waals surface area contributed by atoms with Crippen molar-refractivity contribution in [3.63, 3.8) is 0 Å². The van der Waals surface area contributed by atoms with Crippen molar-refractivity contribution in [3.8, 4) is 11.6 Å². The van der Waals surface area contributed by atoms with E-state index in [9.17, 15) is 14.7 Å². The highest BCUT2D eigenvalue weighted by Gasteiger charge is 2.14. The Morgan fingerprint density at radius 1 is 1.38 bits per heavy atom. The van der Waals surface area contributed by atoms with E-state index in [0.717, 1.165) is 23.4 Å². The predicted molar refractivity (Wildman–Crippen MR) is 102 cm³/mol. The predicted octanol–water partition coefficient (Wildman–Crippen LogP) is 2.65. The number of carbonyl (C=O) groups excluding carboxylic acids is 1. The number of aryl methyl sites for hydroxylation is 1. The summed E-state index contributed by atoms with van der Waals surface area (Å²) < 4.78 is 6.71. The number of nitrogens with one attached hydrogen (secondary N) is 1. The Hall–Kier alpha value is -2.48. The Morgan fingerprint density at radius 2 is 2.12 bits per heavy atom. The van der Waals surface area contributed by atoms with Crippen molar-refractivity contribution in [3.05, 3.63) is 40.2 Å². The van der Waals surface area contributed by atoms with Gasteiger partial charge in [-0.1, -0.05) is 31.7 Å². The molecule has 0 saturated carbocycles. The van der Waals surface area contributed by atoms with Crippen LogP contribution < -0.4 is 15.6 Å². The van der Waals surface area contributed by atoms with Crippen molar-refractivity contribution >= 4 is 23.4 Å². The van der Waals surface area contributed by atoms with E-state index < -0.39 is 0 Å². The van der Waals surface area contributed by atoms with Gasteiger partial charge in [0.2, 0.25) is 11.8 Å². The van der Waals surface area contributed by atoms with Gasteiger partial charge in [0.15, 0.2) is 5.16 Å². The number of methoxy groups -OCH3 is 1. The maximum Gasteiger partial charge on any atom is 0.257 e. The van der Waals surface area contributed by atoms with Gasteiger partial charge in [0.25, 0.3) is 5.56 Å². The highest BCUT2D eigenvalue weighted by atomic mass is 32.2. The zero-order valence-corrected chi connectivity index (χ0v) is 16.1. The van der Waals surface area contributed by atoms with Crippen molar-refractivity contribution < 1.29 is 14.6 Å². The Kier molecular flexibility index (Phi) is 6.68. The van der Waals surface area contributed by atoms with Crippen LogP contribution in [0.4, 0.5) is 5.69 Å². The summed E-state index contributed by atoms with van der Waals surface area (Å²) in [5, 5.41) is 12.7. The van der Waals surface area contributed by atoms with Crippen LogP contribution in [0.1, 0.15) is 19.4 Å². The van der Waals surface area contributed by atoms with E-state index in [1.54, 1.807) is 6.07 Å². The fourth-order valence-corrected chi connectivity index (χ4v) is 3.16. The van der Waals surface area contributed by atoms with Crippen molar-refractivity contribution in [2.45, 2.75) is 32.5 Å². The maximum absolute atomic E-state index is 12.3. The first-order chi connectivity index (χ1) is 12.3. The molecule has 0 spiro atoms.